The predicted molar refractivity (Wildman–Crippen MR) is 56.0 cm³/mol. The van der Waals surface area contributed by atoms with Crippen molar-refractivity contribution in [3.63, 3.8) is 0 Å². The molecule has 1 fully saturated rings. The van der Waals surface area contributed by atoms with Crippen molar-refractivity contribution in [2.24, 2.45) is 4.99 Å². The molecule has 0 atom stereocenters. The molecule has 3 N–H and O–H groups in total. The summed E-state index contributed by atoms with van der Waals surface area (Å²) in [6.45, 7) is 4.41. The molecule has 0 aromatic heterocycles. The molecule has 0 amide bonds. The van der Waals surface area contributed by atoms with Gasteiger partial charge in [-0.2, -0.15) is 0 Å². The summed E-state index contributed by atoms with van der Waals surface area (Å²) in [5, 5.41) is 5.68. The summed E-state index contributed by atoms with van der Waals surface area (Å²) < 4.78 is 0. The van der Waals surface area contributed by atoms with Gasteiger partial charge in [-0.25, -0.2) is 0 Å². The first-order valence-corrected chi connectivity index (χ1v) is 4.97. The molecule has 1 saturated heterocycles. The van der Waals surface area contributed by atoms with Crippen molar-refractivity contribution in [3.05, 3.63) is 11.8 Å². The summed E-state index contributed by atoms with van der Waals surface area (Å²) in [4.78, 5) is 3.97. The summed E-state index contributed by atoms with van der Waals surface area (Å²) in [7, 11) is 1.81. The Morgan fingerprint density at radius 3 is 2.77 bits per heavy atom. The summed E-state index contributed by atoms with van der Waals surface area (Å²) in [5.41, 5.74) is 1.24. The molecule has 0 radical (unpaired) electrons. The first-order chi connectivity index (χ1) is 6.33. The van der Waals surface area contributed by atoms with Crippen LogP contribution in [0.5, 0.6) is 0 Å². The van der Waals surface area contributed by atoms with E-state index in [0.717, 1.165) is 19.1 Å². The summed E-state index contributed by atoms with van der Waals surface area (Å²) in [5.74, 6) is 0. The maximum absolute atomic E-state index is 3.97. The van der Waals surface area contributed by atoms with Crippen molar-refractivity contribution in [1.29, 1.82) is 0 Å². The Morgan fingerprint density at radius 2 is 2.15 bits per heavy atom. The van der Waals surface area contributed by atoms with Crippen LogP contribution in [-0.2, 0) is 0 Å². The van der Waals surface area contributed by atoms with Crippen molar-refractivity contribution in [3.8, 4) is 0 Å². The largest absolute Gasteiger partial charge is 0.317 e. The van der Waals surface area contributed by atoms with Gasteiger partial charge in [-0.3, -0.25) is 4.99 Å². The van der Waals surface area contributed by atoms with E-state index in [9.17, 15) is 0 Å². The number of quaternary nitrogens is 1. The number of hydrogen-bond acceptors (Lipinski definition) is 2. The number of piperidine rings is 1. The lowest BCUT2D eigenvalue weighted by atomic mass is 10.1. The van der Waals surface area contributed by atoms with Crippen LogP contribution < -0.4 is 10.6 Å². The fourth-order valence-corrected chi connectivity index (χ4v) is 1.57. The zero-order chi connectivity index (χ0) is 9.52. The van der Waals surface area contributed by atoms with Gasteiger partial charge in [-0.05, 0) is 6.92 Å². The average molecular weight is 182 g/mol. The average Bonchev–Trinajstić information content (AvgIpc) is 2.17. The standard InChI is InChI=1S/C10H19N3/c1-9(7-11-2)8-13-10-3-5-12-6-4-10/h7-8,10,12-13H,3-6H2,1-2H3/p+1. The maximum atomic E-state index is 3.97. The lowest BCUT2D eigenvalue weighted by Gasteiger charge is -2.19. The van der Waals surface area contributed by atoms with E-state index >= 15 is 0 Å². The molecule has 1 heterocycles. The summed E-state index contributed by atoms with van der Waals surface area (Å²) >= 11 is 0. The molecule has 0 aromatic carbocycles. The molecule has 74 valence electrons. The first-order valence-electron chi connectivity index (χ1n) is 4.97. The van der Waals surface area contributed by atoms with Crippen LogP contribution in [0.15, 0.2) is 16.8 Å². The van der Waals surface area contributed by atoms with Crippen LogP contribution >= 0.6 is 0 Å². The van der Waals surface area contributed by atoms with E-state index in [-0.39, 0.29) is 0 Å². The molecule has 0 aliphatic carbocycles. The Balaban J connectivity index is 2.27. The van der Waals surface area contributed by atoms with Gasteiger partial charge in [-0.1, -0.05) is 0 Å². The molecule has 0 aromatic rings. The van der Waals surface area contributed by atoms with Gasteiger partial charge < -0.3 is 10.6 Å². The minimum atomic E-state index is 0.765. The van der Waals surface area contributed by atoms with Gasteiger partial charge in [0.15, 0.2) is 0 Å². The van der Waals surface area contributed by atoms with Gasteiger partial charge in [0, 0.05) is 44.8 Å². The summed E-state index contributed by atoms with van der Waals surface area (Å²) in [6.07, 6.45) is 6.63. The zero-order valence-electron chi connectivity index (χ0n) is 8.59. The van der Waals surface area contributed by atoms with E-state index < -0.39 is 0 Å². The van der Waals surface area contributed by atoms with Crippen LogP contribution in [0.25, 0.3) is 0 Å². The van der Waals surface area contributed by atoms with Crippen LogP contribution in [0.2, 0.25) is 0 Å². The second-order valence-corrected chi connectivity index (χ2v) is 3.58. The second-order valence-electron chi connectivity index (χ2n) is 3.58. The molecule has 0 bridgehead atoms. The first kappa shape index (κ1) is 10.4. The van der Waals surface area contributed by atoms with Crippen molar-refractivity contribution >= 4 is 6.21 Å². The number of rotatable bonds is 3. The monoisotopic (exact) mass is 182 g/mol. The highest BCUT2D eigenvalue weighted by atomic mass is 15.0. The Kier molecular flexibility index (Phi) is 4.72. The smallest absolute Gasteiger partial charge is 0.0972 e. The number of nitrogens with one attached hydrogen (secondary N) is 1. The number of nitrogens with two attached hydrogens (primary N) is 1. The molecule has 1 aliphatic rings. The van der Waals surface area contributed by atoms with Crippen LogP contribution in [-0.4, -0.2) is 32.4 Å². The van der Waals surface area contributed by atoms with E-state index in [1.54, 1.807) is 0 Å². The highest BCUT2D eigenvalue weighted by Crippen LogP contribution is 1.96. The fourth-order valence-electron chi connectivity index (χ4n) is 1.57. The van der Waals surface area contributed by atoms with Gasteiger partial charge in [-0.15, -0.1) is 0 Å². The Labute approximate surface area is 80.3 Å². The van der Waals surface area contributed by atoms with Gasteiger partial charge in [0.05, 0.1) is 12.2 Å². The third-order valence-corrected chi connectivity index (χ3v) is 2.35. The molecule has 0 saturated carbocycles. The molecule has 1 aliphatic heterocycles. The molecule has 0 spiro atoms. The van der Waals surface area contributed by atoms with Crippen molar-refractivity contribution in [2.45, 2.75) is 25.8 Å². The second kappa shape index (κ2) is 5.89. The highest BCUT2D eigenvalue weighted by molar-refractivity contribution is 5.76. The van der Waals surface area contributed by atoms with Crippen LogP contribution in [0.4, 0.5) is 0 Å². The molecule has 3 nitrogen and oxygen atoms in total. The normalized spacial score (nSPS) is 21.2. The number of allylic oxidation sites excluding steroid dienone is 1. The Bertz CT molecular complexity index is 190. The minimum absolute atomic E-state index is 0.765. The minimum Gasteiger partial charge on any atom is -0.317 e. The van der Waals surface area contributed by atoms with Gasteiger partial charge in [0.25, 0.3) is 0 Å². The fraction of sp³-hybridized carbons (Fsp3) is 0.700. The Hall–Kier alpha value is -0.670. The van der Waals surface area contributed by atoms with Gasteiger partial charge in [0.1, 0.15) is 0 Å². The van der Waals surface area contributed by atoms with Gasteiger partial charge >= 0.3 is 0 Å². The molecule has 1 rings (SSSR count). The molecular weight excluding hydrogens is 162 g/mol. The number of hydrogen-bond donors (Lipinski definition) is 2. The van der Waals surface area contributed by atoms with Crippen molar-refractivity contribution in [1.82, 2.24) is 5.32 Å². The quantitative estimate of drug-likeness (QED) is 0.588. The lowest BCUT2D eigenvalue weighted by Crippen LogP contribution is -2.86. The predicted octanol–water partition coefficient (Wildman–Crippen LogP) is -0.0938. The maximum Gasteiger partial charge on any atom is 0.0972 e. The molecule has 0 unspecified atom stereocenters. The SMILES string of the molecule is CN=CC(C)=C[NH2+]C1CCNCC1. The molecule has 3 heteroatoms. The summed E-state index contributed by atoms with van der Waals surface area (Å²) in [6, 6.07) is 0.765. The van der Waals surface area contributed by atoms with E-state index in [4.69, 9.17) is 0 Å². The molecule has 13 heavy (non-hydrogen) atoms. The van der Waals surface area contributed by atoms with Crippen LogP contribution in [0.1, 0.15) is 19.8 Å². The van der Waals surface area contributed by atoms with E-state index in [1.807, 2.05) is 13.3 Å². The third kappa shape index (κ3) is 4.20. The third-order valence-electron chi connectivity index (χ3n) is 2.35. The Morgan fingerprint density at radius 1 is 1.46 bits per heavy atom. The number of nitrogens with zero attached hydrogens (tertiary/aromatic N) is 1. The molecular formula is C10H20N3+. The highest BCUT2D eigenvalue weighted by Gasteiger charge is 2.13. The topological polar surface area (TPSA) is 41.0 Å². The van der Waals surface area contributed by atoms with E-state index in [2.05, 4.69) is 28.7 Å². The zero-order valence-corrected chi connectivity index (χ0v) is 8.59. The lowest BCUT2D eigenvalue weighted by molar-refractivity contribution is -0.629. The number of aliphatic imine (C=N–C) groups is 1. The van der Waals surface area contributed by atoms with Gasteiger partial charge in [0.2, 0.25) is 0 Å². The van der Waals surface area contributed by atoms with Crippen molar-refractivity contribution in [2.75, 3.05) is 20.1 Å². The van der Waals surface area contributed by atoms with E-state index in [0.29, 0.717) is 0 Å². The van der Waals surface area contributed by atoms with Crippen molar-refractivity contribution < 1.29 is 5.32 Å². The van der Waals surface area contributed by atoms with E-state index in [1.165, 1.54) is 18.4 Å². The van der Waals surface area contributed by atoms with Crippen LogP contribution in [0, 0.1) is 0 Å². The van der Waals surface area contributed by atoms with Crippen LogP contribution in [0.3, 0.4) is 0 Å².